The molecule has 1 aromatic rings. The molecule has 25 heavy (non-hydrogen) atoms. The van der Waals surface area contributed by atoms with Gasteiger partial charge >= 0.3 is 6.03 Å². The molecule has 0 aliphatic carbocycles. The molecule has 0 saturated carbocycles. The molecule has 7 heteroatoms. The molecule has 4 rings (SSSR count). The minimum Gasteiger partial charge on any atom is -0.486 e. The molecule has 0 spiro atoms. The summed E-state index contributed by atoms with van der Waals surface area (Å²) in [7, 11) is 0. The van der Waals surface area contributed by atoms with Crippen LogP contribution in [0.2, 0.25) is 0 Å². The maximum Gasteiger partial charge on any atom is 0.318 e. The predicted molar refractivity (Wildman–Crippen MR) is 93.9 cm³/mol. The molecule has 0 aromatic heterocycles. The fourth-order valence-corrected chi connectivity index (χ4v) is 3.96. The van der Waals surface area contributed by atoms with Gasteiger partial charge in [0.1, 0.15) is 19.4 Å². The van der Waals surface area contributed by atoms with Gasteiger partial charge in [-0.1, -0.05) is 19.1 Å². The Morgan fingerprint density at radius 2 is 2.16 bits per heavy atom. The quantitative estimate of drug-likeness (QED) is 0.857. The average Bonchev–Trinajstić information content (AvgIpc) is 3.02. The van der Waals surface area contributed by atoms with E-state index in [1.807, 2.05) is 17.0 Å². The number of para-hydroxylation sites is 1. The summed E-state index contributed by atoms with van der Waals surface area (Å²) in [6, 6.07) is 6.28. The molecular weight excluding hydrogens is 320 g/mol. The van der Waals surface area contributed by atoms with E-state index >= 15 is 0 Å². The van der Waals surface area contributed by atoms with Crippen LogP contribution in [0.3, 0.4) is 0 Å². The lowest BCUT2D eigenvalue weighted by Crippen LogP contribution is -2.54. The second-order valence-electron chi connectivity index (χ2n) is 6.74. The topological polar surface area (TPSA) is 66.1 Å². The lowest BCUT2D eigenvalue weighted by Gasteiger charge is -2.40. The number of nitrogens with one attached hydrogen (secondary N) is 2. The van der Waals surface area contributed by atoms with Crippen molar-refractivity contribution < 1.29 is 14.3 Å². The van der Waals surface area contributed by atoms with E-state index in [1.54, 1.807) is 0 Å². The van der Waals surface area contributed by atoms with Crippen molar-refractivity contribution in [3.05, 3.63) is 23.8 Å². The number of urea groups is 1. The first-order chi connectivity index (χ1) is 12.3. The van der Waals surface area contributed by atoms with Crippen molar-refractivity contribution in [2.24, 2.45) is 0 Å². The van der Waals surface area contributed by atoms with Gasteiger partial charge < -0.3 is 25.0 Å². The zero-order valence-corrected chi connectivity index (χ0v) is 14.7. The number of rotatable bonds is 4. The Hall–Kier alpha value is -1.99. The van der Waals surface area contributed by atoms with E-state index in [0.717, 1.165) is 56.2 Å². The SMILES string of the molecule is CCCN1CC(N2CCNCC2c2cccc3c2OCCO3)NC1=O. The van der Waals surface area contributed by atoms with Crippen LogP contribution in [-0.2, 0) is 0 Å². The summed E-state index contributed by atoms with van der Waals surface area (Å²) >= 11 is 0. The monoisotopic (exact) mass is 346 g/mol. The average molecular weight is 346 g/mol. The maximum atomic E-state index is 12.2. The third kappa shape index (κ3) is 3.14. The summed E-state index contributed by atoms with van der Waals surface area (Å²) in [5.74, 6) is 1.67. The van der Waals surface area contributed by atoms with Crippen molar-refractivity contribution in [3.8, 4) is 11.5 Å². The van der Waals surface area contributed by atoms with Crippen molar-refractivity contribution in [3.63, 3.8) is 0 Å². The van der Waals surface area contributed by atoms with Crippen molar-refractivity contribution in [2.45, 2.75) is 25.6 Å². The van der Waals surface area contributed by atoms with Gasteiger partial charge in [0.2, 0.25) is 0 Å². The number of ether oxygens (including phenoxy) is 2. The van der Waals surface area contributed by atoms with Crippen LogP contribution < -0.4 is 20.1 Å². The maximum absolute atomic E-state index is 12.2. The fraction of sp³-hybridized carbons (Fsp3) is 0.611. The molecule has 0 bridgehead atoms. The molecule has 2 unspecified atom stereocenters. The van der Waals surface area contributed by atoms with Crippen LogP contribution in [0.4, 0.5) is 4.79 Å². The number of fused-ring (bicyclic) bond motifs is 1. The molecule has 2 N–H and O–H groups in total. The summed E-state index contributed by atoms with van der Waals surface area (Å²) in [4.78, 5) is 16.5. The Morgan fingerprint density at radius 3 is 3.04 bits per heavy atom. The minimum absolute atomic E-state index is 0.0338. The Morgan fingerprint density at radius 1 is 1.28 bits per heavy atom. The second kappa shape index (κ2) is 7.09. The van der Waals surface area contributed by atoms with E-state index < -0.39 is 0 Å². The van der Waals surface area contributed by atoms with Gasteiger partial charge in [0.25, 0.3) is 0 Å². The van der Waals surface area contributed by atoms with Crippen molar-refractivity contribution >= 4 is 6.03 Å². The number of carbonyl (C=O) groups is 1. The highest BCUT2D eigenvalue weighted by atomic mass is 16.6. The lowest BCUT2D eigenvalue weighted by molar-refractivity contribution is 0.0925. The number of benzene rings is 1. The van der Waals surface area contributed by atoms with Gasteiger partial charge in [-0.2, -0.15) is 0 Å². The zero-order valence-electron chi connectivity index (χ0n) is 14.7. The van der Waals surface area contributed by atoms with Crippen LogP contribution in [0, 0.1) is 0 Å². The van der Waals surface area contributed by atoms with Gasteiger partial charge in [0.05, 0.1) is 12.6 Å². The molecule has 7 nitrogen and oxygen atoms in total. The number of carbonyl (C=O) groups excluding carboxylic acids is 1. The molecule has 0 radical (unpaired) electrons. The molecule has 2 amide bonds. The highest BCUT2D eigenvalue weighted by Crippen LogP contribution is 2.39. The molecule has 136 valence electrons. The largest absolute Gasteiger partial charge is 0.486 e. The van der Waals surface area contributed by atoms with Crippen LogP contribution in [-0.4, -0.2) is 67.9 Å². The van der Waals surface area contributed by atoms with Gasteiger partial charge in [-0.05, 0) is 12.5 Å². The number of piperazine rings is 1. The molecule has 3 aliphatic rings. The third-order valence-electron chi connectivity index (χ3n) is 5.10. The van der Waals surface area contributed by atoms with Gasteiger partial charge in [-0.15, -0.1) is 0 Å². The number of hydrogen-bond donors (Lipinski definition) is 2. The first-order valence-corrected chi connectivity index (χ1v) is 9.18. The summed E-state index contributed by atoms with van der Waals surface area (Å²) in [6.07, 6.45) is 1.01. The smallest absolute Gasteiger partial charge is 0.318 e. The van der Waals surface area contributed by atoms with E-state index in [9.17, 15) is 4.79 Å². The lowest BCUT2D eigenvalue weighted by atomic mass is 10.0. The van der Waals surface area contributed by atoms with E-state index in [2.05, 4.69) is 28.5 Å². The summed E-state index contributed by atoms with van der Waals surface area (Å²) in [6.45, 7) is 7.44. The molecule has 3 aliphatic heterocycles. The van der Waals surface area contributed by atoms with E-state index in [0.29, 0.717) is 13.2 Å². The Bertz CT molecular complexity index is 639. The first kappa shape index (κ1) is 16.5. The van der Waals surface area contributed by atoms with Crippen LogP contribution in [0.15, 0.2) is 18.2 Å². The van der Waals surface area contributed by atoms with Crippen LogP contribution >= 0.6 is 0 Å². The Labute approximate surface area is 148 Å². The van der Waals surface area contributed by atoms with E-state index in [-0.39, 0.29) is 18.2 Å². The third-order valence-corrected chi connectivity index (χ3v) is 5.10. The number of hydrogen-bond acceptors (Lipinski definition) is 5. The summed E-state index contributed by atoms with van der Waals surface area (Å²) in [5, 5.41) is 6.63. The molecule has 2 fully saturated rings. The Balaban J connectivity index is 1.59. The van der Waals surface area contributed by atoms with E-state index in [4.69, 9.17) is 9.47 Å². The van der Waals surface area contributed by atoms with Crippen LogP contribution in [0.5, 0.6) is 11.5 Å². The first-order valence-electron chi connectivity index (χ1n) is 9.18. The highest BCUT2D eigenvalue weighted by molar-refractivity contribution is 5.76. The van der Waals surface area contributed by atoms with Crippen LogP contribution in [0.1, 0.15) is 24.9 Å². The number of nitrogens with zero attached hydrogens (tertiary/aromatic N) is 2. The van der Waals surface area contributed by atoms with Gasteiger partial charge in [-0.3, -0.25) is 4.90 Å². The van der Waals surface area contributed by atoms with Crippen LogP contribution in [0.25, 0.3) is 0 Å². The molecule has 2 atom stereocenters. The summed E-state index contributed by atoms with van der Waals surface area (Å²) < 4.78 is 11.7. The Kier molecular flexibility index (Phi) is 4.67. The van der Waals surface area contributed by atoms with E-state index in [1.165, 1.54) is 0 Å². The van der Waals surface area contributed by atoms with Crippen molar-refractivity contribution in [2.75, 3.05) is 45.9 Å². The summed E-state index contributed by atoms with van der Waals surface area (Å²) in [5.41, 5.74) is 1.13. The molecule has 2 saturated heterocycles. The molecule has 3 heterocycles. The van der Waals surface area contributed by atoms with Crippen molar-refractivity contribution in [1.29, 1.82) is 0 Å². The van der Waals surface area contributed by atoms with Crippen molar-refractivity contribution in [1.82, 2.24) is 20.4 Å². The molecular formula is C18H26N4O3. The highest BCUT2D eigenvalue weighted by Gasteiger charge is 2.38. The number of amides is 2. The fourth-order valence-electron chi connectivity index (χ4n) is 3.96. The van der Waals surface area contributed by atoms with Gasteiger partial charge in [-0.25, -0.2) is 4.79 Å². The predicted octanol–water partition coefficient (Wildman–Crippen LogP) is 1.17. The van der Waals surface area contributed by atoms with Gasteiger partial charge in [0.15, 0.2) is 11.5 Å². The van der Waals surface area contributed by atoms with Gasteiger partial charge in [0, 0.05) is 31.7 Å². The minimum atomic E-state index is 0.0338. The normalized spacial score (nSPS) is 26.6. The molecule has 1 aromatic carbocycles. The zero-order chi connectivity index (χ0) is 17.2. The second-order valence-corrected chi connectivity index (χ2v) is 6.74. The standard InChI is InChI=1S/C18H26N4O3/c1-2-7-21-12-16(20-18(21)23)22-8-6-19-11-14(22)13-4-3-5-15-17(13)25-10-9-24-15/h3-5,14,16,19H,2,6-12H2,1H3,(H,20,23).